The van der Waals surface area contributed by atoms with Crippen molar-refractivity contribution in [3.63, 3.8) is 0 Å². The number of fused-ring (bicyclic) bond motifs is 1. The second-order valence-electron chi connectivity index (χ2n) is 4.79. The van der Waals surface area contributed by atoms with Crippen LogP contribution < -0.4 is 5.32 Å². The standard InChI is InChI=1S/C15H17BrN4.ClH/c1-3-20-15-13(10(2)19-20)17-7-8-18-14(15)11-5-4-6-12(16)9-11;/h4-6,9,17H,3,7-8H2,1-2H3;1H. The van der Waals surface area contributed by atoms with Gasteiger partial charge in [0.1, 0.15) is 5.69 Å². The van der Waals surface area contributed by atoms with E-state index in [4.69, 9.17) is 4.99 Å². The van der Waals surface area contributed by atoms with Crippen molar-refractivity contribution >= 4 is 39.7 Å². The van der Waals surface area contributed by atoms with Gasteiger partial charge in [-0.1, -0.05) is 28.1 Å². The molecule has 112 valence electrons. The van der Waals surface area contributed by atoms with E-state index >= 15 is 0 Å². The lowest BCUT2D eigenvalue weighted by Gasteiger charge is -2.10. The molecule has 0 amide bonds. The van der Waals surface area contributed by atoms with Crippen LogP contribution in [0.3, 0.4) is 0 Å². The van der Waals surface area contributed by atoms with Crippen molar-refractivity contribution in [2.75, 3.05) is 18.4 Å². The molecule has 0 saturated carbocycles. The number of nitrogens with zero attached hydrogens (tertiary/aromatic N) is 3. The van der Waals surface area contributed by atoms with Crippen molar-refractivity contribution in [3.8, 4) is 0 Å². The highest BCUT2D eigenvalue weighted by Crippen LogP contribution is 2.26. The van der Waals surface area contributed by atoms with Crippen molar-refractivity contribution in [2.45, 2.75) is 20.4 Å². The first-order valence-corrected chi connectivity index (χ1v) is 7.62. The molecule has 6 heteroatoms. The quantitative estimate of drug-likeness (QED) is 0.878. The lowest BCUT2D eigenvalue weighted by Crippen LogP contribution is -2.12. The van der Waals surface area contributed by atoms with Crippen LogP contribution in [-0.4, -0.2) is 28.6 Å². The zero-order valence-electron chi connectivity index (χ0n) is 12.1. The zero-order chi connectivity index (χ0) is 14.1. The average molecular weight is 370 g/mol. The Bertz CT molecular complexity index is 678. The summed E-state index contributed by atoms with van der Waals surface area (Å²) in [6.45, 7) is 6.61. The van der Waals surface area contributed by atoms with E-state index in [9.17, 15) is 0 Å². The van der Waals surface area contributed by atoms with Gasteiger partial charge in [-0.2, -0.15) is 5.10 Å². The number of aryl methyl sites for hydroxylation is 2. The number of hydrogen-bond donors (Lipinski definition) is 1. The molecule has 1 aliphatic heterocycles. The molecule has 0 radical (unpaired) electrons. The predicted octanol–water partition coefficient (Wildman–Crippen LogP) is 3.66. The summed E-state index contributed by atoms with van der Waals surface area (Å²) in [6.07, 6.45) is 0. The lowest BCUT2D eigenvalue weighted by molar-refractivity contribution is 0.648. The van der Waals surface area contributed by atoms with Gasteiger partial charge >= 0.3 is 0 Å². The average Bonchev–Trinajstić information content (AvgIpc) is 2.63. The Kier molecular flexibility index (Phi) is 5.06. The minimum absolute atomic E-state index is 0. The molecule has 0 aliphatic carbocycles. The molecule has 0 bridgehead atoms. The highest BCUT2D eigenvalue weighted by atomic mass is 79.9. The normalized spacial score (nSPS) is 13.6. The van der Waals surface area contributed by atoms with Gasteiger partial charge in [0, 0.05) is 23.1 Å². The number of nitrogens with one attached hydrogen (secondary N) is 1. The van der Waals surface area contributed by atoms with E-state index < -0.39 is 0 Å². The second kappa shape index (κ2) is 6.62. The van der Waals surface area contributed by atoms with Gasteiger partial charge in [-0.3, -0.25) is 9.67 Å². The number of aromatic nitrogens is 2. The third kappa shape index (κ3) is 2.99. The number of rotatable bonds is 2. The molecule has 0 spiro atoms. The summed E-state index contributed by atoms with van der Waals surface area (Å²) in [5.41, 5.74) is 5.39. The van der Waals surface area contributed by atoms with Crippen molar-refractivity contribution in [1.82, 2.24) is 9.78 Å². The Balaban J connectivity index is 0.00000161. The maximum absolute atomic E-state index is 4.77. The van der Waals surface area contributed by atoms with Crippen LogP contribution in [0.15, 0.2) is 33.7 Å². The monoisotopic (exact) mass is 368 g/mol. The van der Waals surface area contributed by atoms with Crippen LogP contribution in [0.5, 0.6) is 0 Å². The SMILES string of the molecule is CCn1nc(C)c2c1C(c1cccc(Br)c1)=NCCN2.Cl. The summed E-state index contributed by atoms with van der Waals surface area (Å²) in [6, 6.07) is 8.28. The fourth-order valence-electron chi connectivity index (χ4n) is 2.55. The van der Waals surface area contributed by atoms with Crippen LogP contribution in [0.1, 0.15) is 23.9 Å². The first-order chi connectivity index (χ1) is 9.70. The van der Waals surface area contributed by atoms with E-state index in [1.165, 1.54) is 0 Å². The maximum Gasteiger partial charge on any atom is 0.110 e. The molecule has 4 nitrogen and oxygen atoms in total. The smallest absolute Gasteiger partial charge is 0.110 e. The molecule has 0 saturated heterocycles. The molecule has 1 N–H and O–H groups in total. The number of benzene rings is 1. The highest BCUT2D eigenvalue weighted by Gasteiger charge is 2.22. The predicted molar refractivity (Wildman–Crippen MR) is 93.0 cm³/mol. The van der Waals surface area contributed by atoms with E-state index in [0.717, 1.165) is 52.5 Å². The van der Waals surface area contributed by atoms with Gasteiger partial charge in [-0.25, -0.2) is 0 Å². The Morgan fingerprint density at radius 1 is 1.38 bits per heavy atom. The summed E-state index contributed by atoms with van der Waals surface area (Å²) >= 11 is 3.54. The Morgan fingerprint density at radius 3 is 2.90 bits per heavy atom. The molecule has 0 atom stereocenters. The Hall–Kier alpha value is -1.33. The van der Waals surface area contributed by atoms with Crippen molar-refractivity contribution in [2.24, 2.45) is 4.99 Å². The number of anilines is 1. The molecule has 1 aromatic carbocycles. The van der Waals surface area contributed by atoms with Crippen molar-refractivity contribution in [3.05, 3.63) is 45.7 Å². The molecular formula is C15H18BrClN4. The van der Waals surface area contributed by atoms with Crippen LogP contribution in [-0.2, 0) is 6.54 Å². The van der Waals surface area contributed by atoms with E-state index in [1.54, 1.807) is 0 Å². The van der Waals surface area contributed by atoms with Crippen LogP contribution in [0.25, 0.3) is 0 Å². The van der Waals surface area contributed by atoms with Gasteiger partial charge in [-0.15, -0.1) is 12.4 Å². The van der Waals surface area contributed by atoms with Crippen LogP contribution in [0, 0.1) is 6.92 Å². The largest absolute Gasteiger partial charge is 0.380 e. The fourth-order valence-corrected chi connectivity index (χ4v) is 2.95. The Morgan fingerprint density at radius 2 is 2.19 bits per heavy atom. The van der Waals surface area contributed by atoms with Crippen molar-refractivity contribution < 1.29 is 0 Å². The first-order valence-electron chi connectivity index (χ1n) is 6.82. The van der Waals surface area contributed by atoms with Gasteiger partial charge in [0.2, 0.25) is 0 Å². The third-order valence-corrected chi connectivity index (χ3v) is 3.93. The Labute approximate surface area is 139 Å². The van der Waals surface area contributed by atoms with Gasteiger partial charge < -0.3 is 5.32 Å². The van der Waals surface area contributed by atoms with Gasteiger partial charge in [0.05, 0.1) is 23.6 Å². The van der Waals surface area contributed by atoms with E-state index in [2.05, 4.69) is 45.4 Å². The molecule has 0 unspecified atom stereocenters. The second-order valence-corrected chi connectivity index (χ2v) is 5.71. The summed E-state index contributed by atoms with van der Waals surface area (Å²) in [4.78, 5) is 4.77. The van der Waals surface area contributed by atoms with E-state index in [-0.39, 0.29) is 12.4 Å². The topological polar surface area (TPSA) is 42.2 Å². The van der Waals surface area contributed by atoms with E-state index in [1.807, 2.05) is 23.7 Å². The summed E-state index contributed by atoms with van der Waals surface area (Å²) < 4.78 is 3.10. The molecule has 1 aromatic heterocycles. The van der Waals surface area contributed by atoms with Crippen molar-refractivity contribution in [1.29, 1.82) is 0 Å². The molecule has 0 fully saturated rings. The van der Waals surface area contributed by atoms with Crippen LogP contribution >= 0.6 is 28.3 Å². The van der Waals surface area contributed by atoms with Crippen LogP contribution in [0.2, 0.25) is 0 Å². The minimum Gasteiger partial charge on any atom is -0.380 e. The van der Waals surface area contributed by atoms with Gasteiger partial charge in [0.15, 0.2) is 0 Å². The number of hydrogen-bond acceptors (Lipinski definition) is 3. The molecule has 3 rings (SSSR count). The fraction of sp³-hybridized carbons (Fsp3) is 0.333. The van der Waals surface area contributed by atoms with Crippen LogP contribution in [0.4, 0.5) is 5.69 Å². The number of aliphatic imine (C=N–C) groups is 1. The molecule has 2 heterocycles. The lowest BCUT2D eigenvalue weighted by atomic mass is 10.1. The summed E-state index contributed by atoms with van der Waals surface area (Å²) in [5, 5.41) is 8.07. The highest BCUT2D eigenvalue weighted by molar-refractivity contribution is 9.10. The molecule has 1 aliphatic rings. The summed E-state index contributed by atoms with van der Waals surface area (Å²) in [7, 11) is 0. The molecular weight excluding hydrogens is 352 g/mol. The zero-order valence-corrected chi connectivity index (χ0v) is 14.5. The third-order valence-electron chi connectivity index (χ3n) is 3.43. The van der Waals surface area contributed by atoms with Gasteiger partial charge in [-0.05, 0) is 26.0 Å². The summed E-state index contributed by atoms with van der Waals surface area (Å²) in [5.74, 6) is 0. The number of halogens is 2. The molecule has 2 aromatic rings. The molecule has 21 heavy (non-hydrogen) atoms. The first kappa shape index (κ1) is 16.0. The van der Waals surface area contributed by atoms with E-state index in [0.29, 0.717) is 0 Å². The minimum atomic E-state index is 0. The van der Waals surface area contributed by atoms with Gasteiger partial charge in [0.25, 0.3) is 0 Å². The maximum atomic E-state index is 4.77.